The highest BCUT2D eigenvalue weighted by atomic mass is 79.9. The van der Waals surface area contributed by atoms with E-state index in [1.54, 1.807) is 25.1 Å². The van der Waals surface area contributed by atoms with Gasteiger partial charge in [0.15, 0.2) is 17.6 Å². The lowest BCUT2D eigenvalue weighted by Crippen LogP contribution is -2.50. The van der Waals surface area contributed by atoms with Crippen molar-refractivity contribution in [3.63, 3.8) is 0 Å². The van der Waals surface area contributed by atoms with Crippen LogP contribution in [0.15, 0.2) is 94.5 Å². The number of hydrazone groups is 1. The number of rotatable bonds is 14. The van der Waals surface area contributed by atoms with E-state index in [4.69, 9.17) is 37.4 Å². The van der Waals surface area contributed by atoms with Crippen LogP contribution in [0.4, 0.5) is 0 Å². The van der Waals surface area contributed by atoms with Gasteiger partial charge < -0.3 is 19.5 Å². The van der Waals surface area contributed by atoms with E-state index in [0.717, 1.165) is 11.1 Å². The molecular weight excluding hydrogens is 693 g/mol. The molecule has 0 aromatic heterocycles. The summed E-state index contributed by atoms with van der Waals surface area (Å²) in [5, 5.41) is 7.65. The molecule has 4 rings (SSSR count). The van der Waals surface area contributed by atoms with Crippen molar-refractivity contribution in [1.82, 2.24) is 10.7 Å². The Morgan fingerprint density at radius 2 is 1.65 bits per heavy atom. The van der Waals surface area contributed by atoms with E-state index in [1.165, 1.54) is 17.8 Å². The normalized spacial score (nSPS) is 12.3. The van der Waals surface area contributed by atoms with Crippen LogP contribution in [0.2, 0.25) is 10.0 Å². The molecule has 0 bridgehead atoms. The quantitative estimate of drug-likeness (QED) is 0.103. The summed E-state index contributed by atoms with van der Waals surface area (Å²) in [7, 11) is 0. The van der Waals surface area contributed by atoms with Gasteiger partial charge in [-0.1, -0.05) is 83.4 Å². The predicted molar refractivity (Wildman–Crippen MR) is 185 cm³/mol. The van der Waals surface area contributed by atoms with E-state index in [9.17, 15) is 9.59 Å². The number of carbonyl (C=O) groups excluding carboxylic acids is 2. The Balaban J connectivity index is 1.44. The molecule has 4 aromatic rings. The van der Waals surface area contributed by atoms with Crippen molar-refractivity contribution < 1.29 is 23.8 Å². The summed E-state index contributed by atoms with van der Waals surface area (Å²) in [5.74, 6) is 0.377. The zero-order chi connectivity index (χ0) is 33.1. The molecular formula is C35H34BrCl2N3O5. The minimum Gasteiger partial charge on any atom is -0.490 e. The topological polar surface area (TPSA) is 98.2 Å². The van der Waals surface area contributed by atoms with Crippen LogP contribution in [0.3, 0.4) is 0 Å². The average Bonchev–Trinajstić information content (AvgIpc) is 3.03. The molecule has 0 aliphatic rings. The van der Waals surface area contributed by atoms with Crippen molar-refractivity contribution in [1.29, 1.82) is 0 Å². The van der Waals surface area contributed by atoms with Crippen LogP contribution in [0.5, 0.6) is 17.2 Å². The maximum absolute atomic E-state index is 13.3. The lowest BCUT2D eigenvalue weighted by atomic mass is 10.1. The van der Waals surface area contributed by atoms with Crippen molar-refractivity contribution >= 4 is 57.2 Å². The molecule has 8 nitrogen and oxygen atoms in total. The molecule has 0 heterocycles. The lowest BCUT2D eigenvalue weighted by molar-refractivity contribution is -0.132. The molecule has 0 aliphatic carbocycles. The van der Waals surface area contributed by atoms with Gasteiger partial charge in [0.05, 0.1) is 22.3 Å². The molecule has 2 atom stereocenters. The first-order chi connectivity index (χ1) is 22.1. The lowest BCUT2D eigenvalue weighted by Gasteiger charge is -2.21. The van der Waals surface area contributed by atoms with E-state index in [2.05, 4.69) is 31.8 Å². The number of carbonyl (C=O) groups is 2. The first-order valence-corrected chi connectivity index (χ1v) is 16.1. The highest BCUT2D eigenvalue weighted by molar-refractivity contribution is 9.10. The van der Waals surface area contributed by atoms with Gasteiger partial charge in [0.2, 0.25) is 0 Å². The number of hydrogen-bond donors (Lipinski definition) is 2. The molecule has 0 spiro atoms. The third-order valence-corrected chi connectivity index (χ3v) is 7.83. The monoisotopic (exact) mass is 725 g/mol. The zero-order valence-electron chi connectivity index (χ0n) is 25.6. The van der Waals surface area contributed by atoms with Crippen molar-refractivity contribution in [2.45, 2.75) is 45.9 Å². The number of amides is 2. The van der Waals surface area contributed by atoms with Gasteiger partial charge in [0, 0.05) is 11.4 Å². The first-order valence-electron chi connectivity index (χ1n) is 14.6. The Hall–Kier alpha value is -4.05. The summed E-state index contributed by atoms with van der Waals surface area (Å²) >= 11 is 15.7. The molecule has 0 saturated heterocycles. The Morgan fingerprint density at radius 3 is 2.35 bits per heavy atom. The molecule has 0 radical (unpaired) electrons. The van der Waals surface area contributed by atoms with Crippen molar-refractivity contribution in [3.05, 3.63) is 122 Å². The number of aryl methyl sites for hydroxylation is 1. The first kappa shape index (κ1) is 34.8. The van der Waals surface area contributed by atoms with Crippen molar-refractivity contribution in [2.24, 2.45) is 5.10 Å². The molecule has 240 valence electrons. The second-order valence-corrected chi connectivity index (χ2v) is 12.1. The summed E-state index contributed by atoms with van der Waals surface area (Å²) in [4.78, 5) is 26.4. The van der Waals surface area contributed by atoms with Gasteiger partial charge in [-0.25, -0.2) is 5.43 Å². The fraction of sp³-hybridized carbons (Fsp3) is 0.229. The number of benzene rings is 4. The molecule has 2 N–H and O–H groups in total. The van der Waals surface area contributed by atoms with Crippen LogP contribution < -0.4 is 25.0 Å². The maximum atomic E-state index is 13.3. The van der Waals surface area contributed by atoms with Gasteiger partial charge in [0.25, 0.3) is 11.8 Å². The summed E-state index contributed by atoms with van der Waals surface area (Å²) in [6.45, 7) is 6.28. The highest BCUT2D eigenvalue weighted by Gasteiger charge is 2.25. The third kappa shape index (κ3) is 10.2. The van der Waals surface area contributed by atoms with Crippen LogP contribution in [-0.2, 0) is 22.6 Å². The Morgan fingerprint density at radius 1 is 0.913 bits per heavy atom. The minimum atomic E-state index is -0.950. The van der Waals surface area contributed by atoms with Crippen LogP contribution in [0.25, 0.3) is 0 Å². The molecule has 46 heavy (non-hydrogen) atoms. The number of nitrogens with one attached hydrogen (secondary N) is 2. The largest absolute Gasteiger partial charge is 0.490 e. The molecule has 0 unspecified atom stereocenters. The van der Waals surface area contributed by atoms with Gasteiger partial charge in [-0.2, -0.15) is 5.10 Å². The average molecular weight is 727 g/mol. The fourth-order valence-corrected chi connectivity index (χ4v) is 5.34. The van der Waals surface area contributed by atoms with Gasteiger partial charge in [0.1, 0.15) is 18.4 Å². The second-order valence-electron chi connectivity index (χ2n) is 10.4. The van der Waals surface area contributed by atoms with E-state index in [0.29, 0.717) is 45.5 Å². The SMILES string of the molecule is CCOc1cc(/C=N\NC(=O)[C@@H](Cc2ccccc2)NC(=O)[C@@H](C)Oc2ccc(Cl)cc2Cl)cc(Br)c1OCc1ccc(C)cc1. The standard InChI is InChI=1S/C35H34BrCl2N3O5/c1-4-44-32-18-26(16-28(36)33(32)45-21-25-12-10-22(2)11-13-25)20-39-41-35(43)30(17-24-8-6-5-7-9-24)40-34(42)23(3)46-31-15-14-27(37)19-29(31)38/h5-16,18-20,23,30H,4,17,21H2,1-3H3,(H,40,42)(H,41,43)/b39-20-/t23-,30-/m1/s1. The second kappa shape index (κ2) is 17.0. The van der Waals surface area contributed by atoms with Crippen molar-refractivity contribution in [2.75, 3.05) is 6.61 Å². The van der Waals surface area contributed by atoms with Gasteiger partial charge in [-0.3, -0.25) is 9.59 Å². The summed E-state index contributed by atoms with van der Waals surface area (Å²) in [5.41, 5.74) is 6.26. The molecule has 0 fully saturated rings. The molecule has 2 amide bonds. The third-order valence-electron chi connectivity index (χ3n) is 6.71. The van der Waals surface area contributed by atoms with Crippen LogP contribution in [0.1, 0.15) is 36.1 Å². The molecule has 0 saturated carbocycles. The van der Waals surface area contributed by atoms with Crippen molar-refractivity contribution in [3.8, 4) is 17.2 Å². The van der Waals surface area contributed by atoms with Crippen LogP contribution in [-0.4, -0.2) is 36.8 Å². The van der Waals surface area contributed by atoms with E-state index in [1.807, 2.05) is 74.5 Å². The summed E-state index contributed by atoms with van der Waals surface area (Å²) < 4.78 is 18.3. The maximum Gasteiger partial charge on any atom is 0.262 e. The molecule has 4 aromatic carbocycles. The van der Waals surface area contributed by atoms with E-state index >= 15 is 0 Å². The van der Waals surface area contributed by atoms with Crippen LogP contribution >= 0.6 is 39.1 Å². The molecule has 0 aliphatic heterocycles. The predicted octanol–water partition coefficient (Wildman–Crippen LogP) is 7.69. The Labute approximate surface area is 287 Å². The van der Waals surface area contributed by atoms with Gasteiger partial charge >= 0.3 is 0 Å². The summed E-state index contributed by atoms with van der Waals surface area (Å²) in [6.07, 6.45) is 0.773. The van der Waals surface area contributed by atoms with E-state index in [-0.39, 0.29) is 11.4 Å². The Bertz CT molecular complexity index is 1670. The number of nitrogens with zero attached hydrogens (tertiary/aromatic N) is 1. The fourth-order valence-electron chi connectivity index (χ4n) is 4.32. The minimum absolute atomic E-state index is 0.232. The number of ether oxygens (including phenoxy) is 3. The summed E-state index contributed by atoms with van der Waals surface area (Å²) in [6, 6.07) is 24.8. The molecule has 11 heteroatoms. The Kier molecular flexibility index (Phi) is 12.9. The van der Waals surface area contributed by atoms with Gasteiger partial charge in [-0.05, 0) is 83.7 Å². The highest BCUT2D eigenvalue weighted by Crippen LogP contribution is 2.37. The smallest absolute Gasteiger partial charge is 0.262 e. The van der Waals surface area contributed by atoms with E-state index < -0.39 is 24.0 Å². The van der Waals surface area contributed by atoms with Crippen LogP contribution in [0, 0.1) is 6.92 Å². The number of hydrogen-bond acceptors (Lipinski definition) is 6. The van der Waals surface area contributed by atoms with Gasteiger partial charge in [-0.15, -0.1) is 0 Å². The number of halogens is 3. The zero-order valence-corrected chi connectivity index (χ0v) is 28.7.